The van der Waals surface area contributed by atoms with Gasteiger partial charge in [0, 0.05) is 24.9 Å². The van der Waals surface area contributed by atoms with Crippen LogP contribution in [0.5, 0.6) is 5.75 Å². The molecule has 1 aliphatic carbocycles. The third-order valence-electron chi connectivity index (χ3n) is 6.12. The van der Waals surface area contributed by atoms with Crippen LogP contribution >= 0.6 is 0 Å². The van der Waals surface area contributed by atoms with E-state index in [-0.39, 0.29) is 17.7 Å². The Hall–Kier alpha value is -4.27. The van der Waals surface area contributed by atoms with E-state index in [0.29, 0.717) is 53.2 Å². The first-order valence-electron chi connectivity index (χ1n) is 11.1. The summed E-state index contributed by atoms with van der Waals surface area (Å²) in [5, 5.41) is 8.40. The maximum atomic E-state index is 12.6. The highest BCUT2D eigenvalue weighted by Gasteiger charge is 2.28. The second-order valence-corrected chi connectivity index (χ2v) is 8.27. The molecule has 2 aromatic heterocycles. The Morgan fingerprint density at radius 2 is 1.97 bits per heavy atom. The number of Topliss-reactive ketones (excluding diaryl/α,β-unsaturated/α-hetero) is 1. The van der Waals surface area contributed by atoms with Crippen LogP contribution < -0.4 is 15.8 Å². The normalized spacial score (nSPS) is 15.6. The molecule has 0 radical (unpaired) electrons. The van der Waals surface area contributed by atoms with Crippen LogP contribution in [0.2, 0.25) is 0 Å². The number of rotatable bonds is 6. The fourth-order valence-corrected chi connectivity index (χ4v) is 4.35. The maximum absolute atomic E-state index is 12.6. The lowest BCUT2D eigenvalue weighted by atomic mass is 10.1. The summed E-state index contributed by atoms with van der Waals surface area (Å²) in [7, 11) is 1.54. The molecule has 1 aliphatic rings. The minimum atomic E-state index is -0.206. The molecule has 2 heterocycles. The van der Waals surface area contributed by atoms with Gasteiger partial charge in [-0.15, -0.1) is 0 Å². The summed E-state index contributed by atoms with van der Waals surface area (Å²) in [6, 6.07) is 14.8. The Kier molecular flexibility index (Phi) is 5.67. The first-order valence-corrected chi connectivity index (χ1v) is 11.1. The SMILES string of the molecule is COc1ccccc1C(=O)NCc1ccc(-c2nn(C3CCC(=O)C3)c3ncnc(N)c23)cc1. The molecule has 3 N–H and O–H groups in total. The summed E-state index contributed by atoms with van der Waals surface area (Å²) in [6.07, 6.45) is 3.16. The monoisotopic (exact) mass is 456 g/mol. The van der Waals surface area contributed by atoms with Crippen LogP contribution in [-0.2, 0) is 11.3 Å². The third-order valence-corrected chi connectivity index (χ3v) is 6.12. The molecular formula is C25H24N6O3. The second-order valence-electron chi connectivity index (χ2n) is 8.27. The first kappa shape index (κ1) is 21.6. The number of methoxy groups -OCH3 is 1. The van der Waals surface area contributed by atoms with Crippen molar-refractivity contribution in [3.05, 3.63) is 66.0 Å². The first-order chi connectivity index (χ1) is 16.5. The number of nitrogen functional groups attached to an aromatic ring is 1. The molecule has 1 atom stereocenters. The van der Waals surface area contributed by atoms with E-state index >= 15 is 0 Å². The Bertz CT molecular complexity index is 1380. The molecule has 172 valence electrons. The van der Waals surface area contributed by atoms with E-state index in [1.54, 1.807) is 18.2 Å². The van der Waals surface area contributed by atoms with Gasteiger partial charge in [0.2, 0.25) is 0 Å². The summed E-state index contributed by atoms with van der Waals surface area (Å²) in [4.78, 5) is 33.0. The number of ether oxygens (including phenoxy) is 1. The molecule has 9 heteroatoms. The number of anilines is 1. The van der Waals surface area contributed by atoms with Gasteiger partial charge in [-0.1, -0.05) is 36.4 Å². The van der Waals surface area contributed by atoms with Gasteiger partial charge < -0.3 is 15.8 Å². The quantitative estimate of drug-likeness (QED) is 0.456. The highest BCUT2D eigenvalue weighted by atomic mass is 16.5. The zero-order chi connectivity index (χ0) is 23.7. The van der Waals surface area contributed by atoms with Crippen LogP contribution in [0.25, 0.3) is 22.3 Å². The van der Waals surface area contributed by atoms with E-state index in [1.165, 1.54) is 13.4 Å². The number of amides is 1. The molecule has 5 rings (SSSR count). The average Bonchev–Trinajstić information content (AvgIpc) is 3.47. The number of carbonyl (C=O) groups is 2. The van der Waals surface area contributed by atoms with Crippen LogP contribution in [0.15, 0.2) is 54.9 Å². The highest BCUT2D eigenvalue weighted by molar-refractivity contribution is 5.98. The van der Waals surface area contributed by atoms with Gasteiger partial charge in [0.05, 0.1) is 24.1 Å². The molecule has 4 aromatic rings. The number of fused-ring (bicyclic) bond motifs is 1. The van der Waals surface area contributed by atoms with Crippen LogP contribution in [0, 0.1) is 0 Å². The zero-order valence-electron chi connectivity index (χ0n) is 18.7. The van der Waals surface area contributed by atoms with E-state index in [0.717, 1.165) is 17.5 Å². The smallest absolute Gasteiger partial charge is 0.255 e. The molecule has 1 saturated carbocycles. The van der Waals surface area contributed by atoms with E-state index < -0.39 is 0 Å². The van der Waals surface area contributed by atoms with Crippen molar-refractivity contribution < 1.29 is 14.3 Å². The van der Waals surface area contributed by atoms with E-state index in [4.69, 9.17) is 15.6 Å². The van der Waals surface area contributed by atoms with E-state index in [9.17, 15) is 9.59 Å². The van der Waals surface area contributed by atoms with Gasteiger partial charge in [0.1, 0.15) is 29.4 Å². The number of nitrogens with zero attached hydrogens (tertiary/aromatic N) is 4. The van der Waals surface area contributed by atoms with Gasteiger partial charge in [-0.3, -0.25) is 9.59 Å². The fourth-order valence-electron chi connectivity index (χ4n) is 4.35. The van der Waals surface area contributed by atoms with Crippen molar-refractivity contribution in [2.75, 3.05) is 12.8 Å². The maximum Gasteiger partial charge on any atom is 0.255 e. The van der Waals surface area contributed by atoms with Crippen molar-refractivity contribution in [1.82, 2.24) is 25.1 Å². The summed E-state index contributed by atoms with van der Waals surface area (Å²) in [5.41, 5.74) is 9.78. The molecule has 2 aromatic carbocycles. The molecule has 0 saturated heterocycles. The van der Waals surface area contributed by atoms with Gasteiger partial charge in [-0.2, -0.15) is 5.10 Å². The zero-order valence-corrected chi connectivity index (χ0v) is 18.7. The fraction of sp³-hybridized carbons (Fsp3) is 0.240. The summed E-state index contributed by atoms with van der Waals surface area (Å²) in [6.45, 7) is 0.363. The van der Waals surface area contributed by atoms with Gasteiger partial charge in [0.25, 0.3) is 5.91 Å². The van der Waals surface area contributed by atoms with Gasteiger partial charge in [-0.05, 0) is 24.1 Å². The largest absolute Gasteiger partial charge is 0.496 e. The van der Waals surface area contributed by atoms with Crippen LogP contribution in [0.4, 0.5) is 5.82 Å². The van der Waals surface area contributed by atoms with Crippen molar-refractivity contribution in [2.45, 2.75) is 31.8 Å². The number of para-hydroxylation sites is 1. The number of hydrogen-bond acceptors (Lipinski definition) is 7. The molecule has 1 amide bonds. The topological polar surface area (TPSA) is 125 Å². The van der Waals surface area contributed by atoms with E-state index in [2.05, 4.69) is 15.3 Å². The predicted octanol–water partition coefficient (Wildman–Crippen LogP) is 3.31. The molecule has 0 aliphatic heterocycles. The van der Waals surface area contributed by atoms with Crippen LogP contribution in [-0.4, -0.2) is 38.5 Å². The number of aromatic nitrogens is 4. The van der Waals surface area contributed by atoms with Crippen LogP contribution in [0.1, 0.15) is 41.2 Å². The van der Waals surface area contributed by atoms with Crippen molar-refractivity contribution >= 4 is 28.5 Å². The predicted molar refractivity (Wildman–Crippen MR) is 127 cm³/mol. The minimum Gasteiger partial charge on any atom is -0.496 e. The average molecular weight is 457 g/mol. The summed E-state index contributed by atoms with van der Waals surface area (Å²) in [5.74, 6) is 0.907. The lowest BCUT2D eigenvalue weighted by Gasteiger charge is -2.10. The van der Waals surface area contributed by atoms with Crippen molar-refractivity contribution in [2.24, 2.45) is 0 Å². The molecule has 34 heavy (non-hydrogen) atoms. The number of benzene rings is 2. The standard InChI is InChI=1S/C25H24N6O3/c1-34-20-5-3-2-4-19(20)25(33)27-13-15-6-8-16(9-7-15)22-21-23(26)28-14-29-24(21)31(30-22)17-10-11-18(32)12-17/h2-9,14,17H,10-13H2,1H3,(H,27,33)(H2,26,28,29). The number of carbonyl (C=O) groups excluding carboxylic acids is 2. The van der Waals surface area contributed by atoms with Crippen molar-refractivity contribution in [1.29, 1.82) is 0 Å². The highest BCUT2D eigenvalue weighted by Crippen LogP contribution is 2.35. The number of nitrogens with one attached hydrogen (secondary N) is 1. The van der Waals surface area contributed by atoms with Gasteiger partial charge >= 0.3 is 0 Å². The van der Waals surface area contributed by atoms with Crippen molar-refractivity contribution in [3.8, 4) is 17.0 Å². The molecule has 1 fully saturated rings. The Balaban J connectivity index is 1.39. The number of ketones is 1. The number of nitrogens with two attached hydrogens (primary N) is 1. The van der Waals surface area contributed by atoms with Gasteiger partial charge in [0.15, 0.2) is 5.65 Å². The number of hydrogen-bond donors (Lipinski definition) is 2. The minimum absolute atomic E-state index is 0.0255. The lowest BCUT2D eigenvalue weighted by molar-refractivity contribution is -0.117. The molecule has 9 nitrogen and oxygen atoms in total. The lowest BCUT2D eigenvalue weighted by Crippen LogP contribution is -2.23. The summed E-state index contributed by atoms with van der Waals surface area (Å²) < 4.78 is 7.08. The molecule has 0 bridgehead atoms. The van der Waals surface area contributed by atoms with Crippen molar-refractivity contribution in [3.63, 3.8) is 0 Å². The molecular weight excluding hydrogens is 432 g/mol. The second kappa shape index (κ2) is 8.93. The Morgan fingerprint density at radius 3 is 2.71 bits per heavy atom. The molecule has 0 spiro atoms. The Morgan fingerprint density at radius 1 is 1.18 bits per heavy atom. The third kappa shape index (κ3) is 3.96. The molecule has 1 unspecified atom stereocenters. The van der Waals surface area contributed by atoms with Crippen LogP contribution in [0.3, 0.4) is 0 Å². The van der Waals surface area contributed by atoms with Gasteiger partial charge in [-0.25, -0.2) is 14.6 Å². The summed E-state index contributed by atoms with van der Waals surface area (Å²) >= 11 is 0. The van der Waals surface area contributed by atoms with E-state index in [1.807, 2.05) is 35.0 Å². The Labute approximate surface area is 196 Å².